The summed E-state index contributed by atoms with van der Waals surface area (Å²) in [5, 5.41) is 11.8. The van der Waals surface area contributed by atoms with Crippen LogP contribution in [0.3, 0.4) is 0 Å². The van der Waals surface area contributed by atoms with Crippen LogP contribution in [0, 0.1) is 5.92 Å². The number of rotatable bonds is 6. The van der Waals surface area contributed by atoms with Gasteiger partial charge in [0.1, 0.15) is 10.4 Å². The monoisotopic (exact) mass is 392 g/mol. The van der Waals surface area contributed by atoms with Gasteiger partial charge >= 0.3 is 5.97 Å². The first-order valence-electron chi connectivity index (χ1n) is 8.04. The maximum Gasteiger partial charge on any atom is 0.326 e. The number of thioether (sulfide) groups is 1. The van der Waals surface area contributed by atoms with Gasteiger partial charge in [-0.3, -0.25) is 14.5 Å². The van der Waals surface area contributed by atoms with Crippen LogP contribution in [-0.2, 0) is 9.59 Å². The van der Waals surface area contributed by atoms with Crippen molar-refractivity contribution in [1.29, 1.82) is 0 Å². The van der Waals surface area contributed by atoms with Crippen molar-refractivity contribution in [3.8, 4) is 0 Å². The minimum Gasteiger partial charge on any atom is -0.480 e. The first-order valence-corrected chi connectivity index (χ1v) is 9.26. The molecule has 8 heteroatoms. The highest BCUT2D eigenvalue weighted by Gasteiger charge is 2.28. The minimum absolute atomic E-state index is 0.149. The Hall–Kier alpha value is -2.19. The third-order valence-electron chi connectivity index (χ3n) is 3.77. The van der Waals surface area contributed by atoms with Crippen molar-refractivity contribution >= 4 is 52.2 Å². The van der Waals surface area contributed by atoms with Crippen molar-refractivity contribution in [1.82, 2.24) is 10.2 Å². The molecule has 0 radical (unpaired) electrons. The van der Waals surface area contributed by atoms with E-state index >= 15 is 0 Å². The Balaban J connectivity index is 2.09. The van der Waals surface area contributed by atoms with E-state index in [9.17, 15) is 19.5 Å². The number of carbonyl (C=O) groups is 3. The largest absolute Gasteiger partial charge is 0.480 e. The SMILES string of the molecule is CC(C)CC(NC(=O)c1ccc(/C=C2\SC(=S)N(C)C2=O)cc1)C(=O)O. The van der Waals surface area contributed by atoms with Crippen LogP contribution in [0.4, 0.5) is 0 Å². The molecule has 6 nitrogen and oxygen atoms in total. The Morgan fingerprint density at radius 1 is 1.31 bits per heavy atom. The van der Waals surface area contributed by atoms with Gasteiger partial charge in [0.05, 0.1) is 4.91 Å². The number of thiocarbonyl (C=S) groups is 1. The van der Waals surface area contributed by atoms with Crippen molar-refractivity contribution in [2.45, 2.75) is 26.3 Å². The molecule has 1 aromatic rings. The summed E-state index contributed by atoms with van der Waals surface area (Å²) in [6.45, 7) is 3.80. The number of nitrogens with zero attached hydrogens (tertiary/aromatic N) is 1. The van der Waals surface area contributed by atoms with Gasteiger partial charge in [-0.15, -0.1) is 0 Å². The predicted octanol–water partition coefficient (Wildman–Crippen LogP) is 2.75. The number of amides is 2. The van der Waals surface area contributed by atoms with Crippen molar-refractivity contribution in [3.63, 3.8) is 0 Å². The van der Waals surface area contributed by atoms with Crippen LogP contribution in [0.2, 0.25) is 0 Å². The van der Waals surface area contributed by atoms with Crippen molar-refractivity contribution in [3.05, 3.63) is 40.3 Å². The summed E-state index contributed by atoms with van der Waals surface area (Å²) in [5.74, 6) is -1.49. The van der Waals surface area contributed by atoms with E-state index in [1.807, 2.05) is 13.8 Å². The lowest BCUT2D eigenvalue weighted by molar-refractivity contribution is -0.139. The lowest BCUT2D eigenvalue weighted by atomic mass is 10.0. The second-order valence-corrected chi connectivity index (χ2v) is 8.03. The van der Waals surface area contributed by atoms with Crippen LogP contribution in [0.5, 0.6) is 0 Å². The maximum absolute atomic E-state index is 12.3. The normalized spacial score (nSPS) is 17.1. The Bertz CT molecular complexity index is 772. The van der Waals surface area contributed by atoms with Crippen LogP contribution in [0.1, 0.15) is 36.2 Å². The third-order valence-corrected chi connectivity index (χ3v) is 5.25. The number of carbonyl (C=O) groups excluding carboxylic acids is 2. The van der Waals surface area contributed by atoms with Gasteiger partial charge in [-0.05, 0) is 36.1 Å². The molecule has 1 fully saturated rings. The van der Waals surface area contributed by atoms with Crippen molar-refractivity contribution in [2.24, 2.45) is 5.92 Å². The highest BCUT2D eigenvalue weighted by molar-refractivity contribution is 8.26. The number of hydrogen-bond acceptors (Lipinski definition) is 5. The molecule has 0 spiro atoms. The summed E-state index contributed by atoms with van der Waals surface area (Å²) in [7, 11) is 1.63. The molecular formula is C18H20N2O4S2. The molecule has 1 heterocycles. The standard InChI is InChI=1S/C18H20N2O4S2/c1-10(2)8-13(17(23)24)19-15(21)12-6-4-11(5-7-12)9-14-16(22)20(3)18(25)26-14/h4-7,9-10,13H,8H2,1-3H3,(H,19,21)(H,23,24)/b14-9-. The number of hydrogen-bond donors (Lipinski definition) is 2. The zero-order valence-corrected chi connectivity index (χ0v) is 16.3. The number of carboxylic acid groups (broad SMARTS) is 1. The molecular weight excluding hydrogens is 372 g/mol. The van der Waals surface area contributed by atoms with Gasteiger partial charge in [-0.1, -0.05) is 50.0 Å². The molecule has 0 saturated carbocycles. The van der Waals surface area contributed by atoms with E-state index in [1.54, 1.807) is 37.4 Å². The van der Waals surface area contributed by atoms with Crippen molar-refractivity contribution in [2.75, 3.05) is 7.05 Å². The van der Waals surface area contributed by atoms with Gasteiger partial charge < -0.3 is 10.4 Å². The molecule has 1 aromatic carbocycles. The highest BCUT2D eigenvalue weighted by Crippen LogP contribution is 2.31. The molecule has 2 amide bonds. The van der Waals surface area contributed by atoms with E-state index in [0.29, 0.717) is 21.2 Å². The average molecular weight is 393 g/mol. The van der Waals surface area contributed by atoms with Gasteiger partial charge in [0, 0.05) is 12.6 Å². The predicted molar refractivity (Wildman–Crippen MR) is 106 cm³/mol. The fourth-order valence-corrected chi connectivity index (χ4v) is 3.54. The lowest BCUT2D eigenvalue weighted by Gasteiger charge is -2.16. The molecule has 2 rings (SSSR count). The van der Waals surface area contributed by atoms with Gasteiger partial charge in [0.2, 0.25) is 0 Å². The number of aliphatic carboxylic acids is 1. The minimum atomic E-state index is -1.05. The molecule has 1 aliphatic heterocycles. The smallest absolute Gasteiger partial charge is 0.326 e. The molecule has 2 N–H and O–H groups in total. The van der Waals surface area contributed by atoms with Gasteiger partial charge in [-0.2, -0.15) is 0 Å². The summed E-state index contributed by atoms with van der Waals surface area (Å²) in [5.41, 5.74) is 1.12. The molecule has 1 aliphatic rings. The quantitative estimate of drug-likeness (QED) is 0.572. The molecule has 0 aromatic heterocycles. The Morgan fingerprint density at radius 3 is 2.38 bits per heavy atom. The summed E-state index contributed by atoms with van der Waals surface area (Å²) in [6.07, 6.45) is 2.07. The van der Waals surface area contributed by atoms with Gasteiger partial charge in [-0.25, -0.2) is 4.79 Å². The first-order chi connectivity index (χ1) is 12.2. The van der Waals surface area contributed by atoms with E-state index in [4.69, 9.17) is 12.2 Å². The van der Waals surface area contributed by atoms with Crippen LogP contribution in [-0.4, -0.2) is 45.2 Å². The zero-order chi connectivity index (χ0) is 19.4. The Labute approximate surface area is 161 Å². The highest BCUT2D eigenvalue weighted by atomic mass is 32.2. The Kier molecular flexibility index (Phi) is 6.55. The first kappa shape index (κ1) is 20.1. The molecule has 0 aliphatic carbocycles. The molecule has 1 unspecified atom stereocenters. The average Bonchev–Trinajstić information content (AvgIpc) is 2.81. The van der Waals surface area contributed by atoms with Crippen LogP contribution in [0.25, 0.3) is 6.08 Å². The van der Waals surface area contributed by atoms with Crippen LogP contribution < -0.4 is 5.32 Å². The zero-order valence-electron chi connectivity index (χ0n) is 14.7. The summed E-state index contributed by atoms with van der Waals surface area (Å²) in [4.78, 5) is 37.5. The second-order valence-electron chi connectivity index (χ2n) is 6.36. The molecule has 26 heavy (non-hydrogen) atoms. The van der Waals surface area contributed by atoms with E-state index in [0.717, 1.165) is 5.56 Å². The Morgan fingerprint density at radius 2 is 1.92 bits per heavy atom. The van der Waals surface area contributed by atoms with Crippen LogP contribution in [0.15, 0.2) is 29.2 Å². The number of nitrogens with one attached hydrogen (secondary N) is 1. The van der Waals surface area contributed by atoms with E-state index in [2.05, 4.69) is 5.32 Å². The van der Waals surface area contributed by atoms with Gasteiger partial charge in [0.15, 0.2) is 0 Å². The van der Waals surface area contributed by atoms with E-state index in [1.165, 1.54) is 16.7 Å². The number of likely N-dealkylation sites (N-methyl/N-ethyl adjacent to an activating group) is 1. The number of benzene rings is 1. The van der Waals surface area contributed by atoms with Crippen molar-refractivity contribution < 1.29 is 19.5 Å². The molecule has 1 atom stereocenters. The lowest BCUT2D eigenvalue weighted by Crippen LogP contribution is -2.41. The summed E-state index contributed by atoms with van der Waals surface area (Å²) >= 11 is 6.31. The van der Waals surface area contributed by atoms with Crippen LogP contribution >= 0.6 is 24.0 Å². The van der Waals surface area contributed by atoms with Gasteiger partial charge in [0.25, 0.3) is 11.8 Å². The fourth-order valence-electron chi connectivity index (χ4n) is 2.36. The second kappa shape index (κ2) is 8.46. The van der Waals surface area contributed by atoms with E-state index in [-0.39, 0.29) is 11.8 Å². The topological polar surface area (TPSA) is 86.7 Å². The maximum atomic E-state index is 12.3. The molecule has 1 saturated heterocycles. The third kappa shape index (κ3) is 4.92. The molecule has 138 valence electrons. The fraction of sp³-hybridized carbons (Fsp3) is 0.333. The van der Waals surface area contributed by atoms with E-state index < -0.39 is 17.9 Å². The summed E-state index contributed by atoms with van der Waals surface area (Å²) < 4.78 is 0.502. The summed E-state index contributed by atoms with van der Waals surface area (Å²) in [6, 6.07) is 5.68. The number of carboxylic acids is 1. The molecule has 0 bridgehead atoms.